The Hall–Kier alpha value is -0.570. The average molecular weight is 154 g/mol. The normalized spacial score (nSPS) is 37.5. The van der Waals surface area contributed by atoms with Gasteiger partial charge in [0.15, 0.2) is 0 Å². The number of carbonyl (C=O) groups excluding carboxylic acids is 1. The molecule has 1 heterocycles. The van der Waals surface area contributed by atoms with Gasteiger partial charge < -0.3 is 11.1 Å². The molecule has 11 heavy (non-hydrogen) atoms. The highest BCUT2D eigenvalue weighted by molar-refractivity contribution is 5.80. The predicted octanol–water partition coefficient (Wildman–Crippen LogP) is 0.00230. The van der Waals surface area contributed by atoms with Crippen LogP contribution in [-0.2, 0) is 4.79 Å². The third-order valence-electron chi connectivity index (χ3n) is 2.72. The molecule has 0 spiro atoms. The second kappa shape index (κ2) is 2.48. The molecule has 0 aromatic rings. The van der Waals surface area contributed by atoms with Gasteiger partial charge in [0.05, 0.1) is 6.04 Å². The van der Waals surface area contributed by atoms with Gasteiger partial charge in [0, 0.05) is 6.04 Å². The first-order chi connectivity index (χ1) is 5.27. The molecule has 1 saturated heterocycles. The van der Waals surface area contributed by atoms with Crippen LogP contribution in [0.2, 0.25) is 0 Å². The van der Waals surface area contributed by atoms with E-state index >= 15 is 0 Å². The molecule has 1 saturated carbocycles. The predicted molar refractivity (Wildman–Crippen MR) is 41.9 cm³/mol. The van der Waals surface area contributed by atoms with E-state index in [0.29, 0.717) is 6.04 Å². The standard InChI is InChI=1S/C8H14N2O/c9-8(11)7-4-3-6(10-7)5-1-2-5/h5-7,10H,1-4H2,(H2,9,11). The molecule has 1 aliphatic carbocycles. The third-order valence-corrected chi connectivity index (χ3v) is 2.72. The summed E-state index contributed by atoms with van der Waals surface area (Å²) in [6.07, 6.45) is 4.75. The number of hydrogen-bond donors (Lipinski definition) is 2. The summed E-state index contributed by atoms with van der Waals surface area (Å²) in [7, 11) is 0. The Morgan fingerprint density at radius 1 is 1.27 bits per heavy atom. The molecule has 0 aromatic carbocycles. The highest BCUT2D eigenvalue weighted by Gasteiger charge is 2.37. The van der Waals surface area contributed by atoms with E-state index in [9.17, 15) is 4.79 Å². The number of carbonyl (C=O) groups is 1. The molecule has 3 nitrogen and oxygen atoms in total. The molecule has 0 bridgehead atoms. The van der Waals surface area contributed by atoms with Crippen molar-refractivity contribution < 1.29 is 4.79 Å². The number of amides is 1. The Balaban J connectivity index is 1.87. The second-order valence-corrected chi connectivity index (χ2v) is 3.64. The number of primary amides is 1. The van der Waals surface area contributed by atoms with Crippen molar-refractivity contribution >= 4 is 5.91 Å². The zero-order chi connectivity index (χ0) is 7.84. The molecule has 3 N–H and O–H groups in total. The van der Waals surface area contributed by atoms with E-state index in [1.54, 1.807) is 0 Å². The lowest BCUT2D eigenvalue weighted by atomic mass is 10.1. The van der Waals surface area contributed by atoms with Crippen LogP contribution in [0.4, 0.5) is 0 Å². The molecule has 2 rings (SSSR count). The van der Waals surface area contributed by atoms with E-state index in [1.165, 1.54) is 12.8 Å². The first kappa shape index (κ1) is 7.10. The Morgan fingerprint density at radius 3 is 2.45 bits per heavy atom. The maximum Gasteiger partial charge on any atom is 0.234 e. The fourth-order valence-electron chi connectivity index (χ4n) is 1.87. The van der Waals surface area contributed by atoms with Crippen LogP contribution < -0.4 is 11.1 Å². The zero-order valence-corrected chi connectivity index (χ0v) is 6.55. The highest BCUT2D eigenvalue weighted by Crippen LogP contribution is 2.37. The summed E-state index contributed by atoms with van der Waals surface area (Å²) >= 11 is 0. The van der Waals surface area contributed by atoms with Gasteiger partial charge in [-0.1, -0.05) is 0 Å². The highest BCUT2D eigenvalue weighted by atomic mass is 16.1. The van der Waals surface area contributed by atoms with Crippen LogP contribution in [0.25, 0.3) is 0 Å². The first-order valence-corrected chi connectivity index (χ1v) is 4.33. The summed E-state index contributed by atoms with van der Waals surface area (Å²) in [5.74, 6) is 0.660. The van der Waals surface area contributed by atoms with Crippen LogP contribution in [-0.4, -0.2) is 18.0 Å². The second-order valence-electron chi connectivity index (χ2n) is 3.64. The minimum absolute atomic E-state index is 0.0411. The van der Waals surface area contributed by atoms with Crippen LogP contribution in [0.3, 0.4) is 0 Å². The minimum atomic E-state index is -0.187. The van der Waals surface area contributed by atoms with E-state index in [-0.39, 0.29) is 11.9 Å². The monoisotopic (exact) mass is 154 g/mol. The molecule has 2 unspecified atom stereocenters. The minimum Gasteiger partial charge on any atom is -0.368 e. The quantitative estimate of drug-likeness (QED) is 0.588. The summed E-state index contributed by atoms with van der Waals surface area (Å²) in [4.78, 5) is 10.7. The lowest BCUT2D eigenvalue weighted by Gasteiger charge is -2.09. The summed E-state index contributed by atoms with van der Waals surface area (Å²) in [5.41, 5.74) is 5.18. The van der Waals surface area contributed by atoms with Gasteiger partial charge in [-0.15, -0.1) is 0 Å². The molecule has 2 fully saturated rings. The summed E-state index contributed by atoms with van der Waals surface area (Å²) in [5, 5.41) is 3.28. The lowest BCUT2D eigenvalue weighted by molar-refractivity contribution is -0.119. The first-order valence-electron chi connectivity index (χ1n) is 4.33. The Kier molecular flexibility index (Phi) is 1.60. The molecule has 1 amide bonds. The van der Waals surface area contributed by atoms with E-state index < -0.39 is 0 Å². The van der Waals surface area contributed by atoms with Crippen molar-refractivity contribution in [2.45, 2.75) is 37.8 Å². The van der Waals surface area contributed by atoms with Crippen LogP contribution >= 0.6 is 0 Å². The van der Waals surface area contributed by atoms with Crippen molar-refractivity contribution in [1.82, 2.24) is 5.32 Å². The number of hydrogen-bond acceptors (Lipinski definition) is 2. The van der Waals surface area contributed by atoms with E-state index in [2.05, 4.69) is 5.32 Å². The van der Waals surface area contributed by atoms with Crippen molar-refractivity contribution in [3.63, 3.8) is 0 Å². The van der Waals surface area contributed by atoms with Crippen LogP contribution in [0.15, 0.2) is 0 Å². The summed E-state index contributed by atoms with van der Waals surface area (Å²) in [6.45, 7) is 0. The van der Waals surface area contributed by atoms with Gasteiger partial charge in [-0.05, 0) is 31.6 Å². The molecule has 0 aromatic heterocycles. The van der Waals surface area contributed by atoms with Gasteiger partial charge >= 0.3 is 0 Å². The Morgan fingerprint density at radius 2 is 2.00 bits per heavy atom. The number of rotatable bonds is 2. The van der Waals surface area contributed by atoms with E-state index in [0.717, 1.165) is 18.8 Å². The molecule has 62 valence electrons. The van der Waals surface area contributed by atoms with Gasteiger partial charge in [-0.2, -0.15) is 0 Å². The largest absolute Gasteiger partial charge is 0.368 e. The fraction of sp³-hybridized carbons (Fsp3) is 0.875. The maximum absolute atomic E-state index is 10.7. The smallest absolute Gasteiger partial charge is 0.234 e. The zero-order valence-electron chi connectivity index (χ0n) is 6.55. The molecule has 2 aliphatic rings. The summed E-state index contributed by atoms with van der Waals surface area (Å²) in [6, 6.07) is 0.549. The van der Waals surface area contributed by atoms with E-state index in [4.69, 9.17) is 5.73 Å². The average Bonchev–Trinajstić information content (AvgIpc) is 2.68. The molecule has 0 radical (unpaired) electrons. The van der Waals surface area contributed by atoms with Gasteiger partial charge in [0.2, 0.25) is 5.91 Å². The van der Waals surface area contributed by atoms with Crippen molar-refractivity contribution in [3.05, 3.63) is 0 Å². The molecule has 3 heteroatoms. The van der Waals surface area contributed by atoms with Gasteiger partial charge in [-0.3, -0.25) is 4.79 Å². The van der Waals surface area contributed by atoms with Crippen LogP contribution in [0.5, 0.6) is 0 Å². The molecular weight excluding hydrogens is 140 g/mol. The molecular formula is C8H14N2O. The SMILES string of the molecule is NC(=O)C1CCC(C2CC2)N1. The summed E-state index contributed by atoms with van der Waals surface area (Å²) < 4.78 is 0. The molecule has 1 aliphatic heterocycles. The van der Waals surface area contributed by atoms with Crippen molar-refractivity contribution in [2.75, 3.05) is 0 Å². The van der Waals surface area contributed by atoms with Crippen LogP contribution in [0.1, 0.15) is 25.7 Å². The number of nitrogens with two attached hydrogens (primary N) is 1. The van der Waals surface area contributed by atoms with Crippen molar-refractivity contribution in [1.29, 1.82) is 0 Å². The van der Waals surface area contributed by atoms with Crippen molar-refractivity contribution in [2.24, 2.45) is 11.7 Å². The Labute approximate surface area is 66.3 Å². The fourth-order valence-corrected chi connectivity index (χ4v) is 1.87. The van der Waals surface area contributed by atoms with Crippen LogP contribution in [0, 0.1) is 5.92 Å². The molecule has 2 atom stereocenters. The third kappa shape index (κ3) is 1.38. The lowest BCUT2D eigenvalue weighted by Crippen LogP contribution is -2.40. The topological polar surface area (TPSA) is 55.1 Å². The van der Waals surface area contributed by atoms with Crippen molar-refractivity contribution in [3.8, 4) is 0 Å². The van der Waals surface area contributed by atoms with Gasteiger partial charge in [0.1, 0.15) is 0 Å². The van der Waals surface area contributed by atoms with Gasteiger partial charge in [-0.25, -0.2) is 0 Å². The number of nitrogens with one attached hydrogen (secondary N) is 1. The van der Waals surface area contributed by atoms with E-state index in [1.807, 2.05) is 0 Å². The maximum atomic E-state index is 10.7. The van der Waals surface area contributed by atoms with Gasteiger partial charge in [0.25, 0.3) is 0 Å². The Bertz CT molecular complexity index is 177.